The SMILES string of the molecule is COc1ccc(Nc2nc3c(cc2C#N)CCC3)cc1C. The van der Waals surface area contributed by atoms with E-state index in [2.05, 4.69) is 16.4 Å². The van der Waals surface area contributed by atoms with Crippen LogP contribution in [0.3, 0.4) is 0 Å². The summed E-state index contributed by atoms with van der Waals surface area (Å²) in [5.74, 6) is 1.49. The number of nitrogens with one attached hydrogen (secondary N) is 1. The minimum absolute atomic E-state index is 0.601. The minimum Gasteiger partial charge on any atom is -0.496 e. The normalized spacial score (nSPS) is 12.6. The summed E-state index contributed by atoms with van der Waals surface area (Å²) in [7, 11) is 1.66. The Morgan fingerprint density at radius 3 is 2.86 bits per heavy atom. The van der Waals surface area contributed by atoms with Gasteiger partial charge in [-0.15, -0.1) is 0 Å². The van der Waals surface area contributed by atoms with Crippen LogP contribution < -0.4 is 10.1 Å². The van der Waals surface area contributed by atoms with Gasteiger partial charge in [0, 0.05) is 11.4 Å². The lowest BCUT2D eigenvalue weighted by molar-refractivity contribution is 0.412. The number of ether oxygens (including phenoxy) is 1. The Bertz CT molecular complexity index is 732. The van der Waals surface area contributed by atoms with E-state index < -0.39 is 0 Å². The molecule has 0 aliphatic heterocycles. The molecule has 1 heterocycles. The van der Waals surface area contributed by atoms with Crippen LogP contribution in [-0.2, 0) is 12.8 Å². The number of anilines is 2. The highest BCUT2D eigenvalue weighted by molar-refractivity contribution is 5.65. The van der Waals surface area contributed by atoms with Crippen LogP contribution in [-0.4, -0.2) is 12.1 Å². The highest BCUT2D eigenvalue weighted by Gasteiger charge is 2.16. The summed E-state index contributed by atoms with van der Waals surface area (Å²) in [5, 5.41) is 12.6. The fourth-order valence-electron chi connectivity index (χ4n) is 2.75. The number of nitriles is 1. The molecule has 1 N–H and O–H groups in total. The van der Waals surface area contributed by atoms with Crippen molar-refractivity contribution in [2.45, 2.75) is 26.2 Å². The van der Waals surface area contributed by atoms with E-state index in [0.717, 1.165) is 42.0 Å². The Morgan fingerprint density at radius 1 is 1.29 bits per heavy atom. The molecule has 4 heteroatoms. The monoisotopic (exact) mass is 279 g/mol. The van der Waals surface area contributed by atoms with Gasteiger partial charge in [0.2, 0.25) is 0 Å². The highest BCUT2D eigenvalue weighted by atomic mass is 16.5. The average molecular weight is 279 g/mol. The first-order valence-electron chi connectivity index (χ1n) is 7.06. The van der Waals surface area contributed by atoms with Gasteiger partial charge in [0.15, 0.2) is 0 Å². The van der Waals surface area contributed by atoms with E-state index >= 15 is 0 Å². The number of nitrogens with zero attached hydrogens (tertiary/aromatic N) is 2. The summed E-state index contributed by atoms with van der Waals surface area (Å²) in [6.07, 6.45) is 3.15. The van der Waals surface area contributed by atoms with Gasteiger partial charge in [-0.3, -0.25) is 0 Å². The summed E-state index contributed by atoms with van der Waals surface area (Å²) in [4.78, 5) is 4.63. The minimum atomic E-state index is 0.601. The maximum absolute atomic E-state index is 9.31. The number of methoxy groups -OCH3 is 1. The summed E-state index contributed by atoms with van der Waals surface area (Å²) >= 11 is 0. The maximum atomic E-state index is 9.31. The fraction of sp³-hybridized carbons (Fsp3) is 0.294. The second kappa shape index (κ2) is 5.45. The van der Waals surface area contributed by atoms with Gasteiger partial charge >= 0.3 is 0 Å². The molecule has 0 bridgehead atoms. The molecule has 1 aromatic carbocycles. The van der Waals surface area contributed by atoms with E-state index in [4.69, 9.17) is 4.74 Å². The fourth-order valence-corrected chi connectivity index (χ4v) is 2.75. The average Bonchev–Trinajstić information content (AvgIpc) is 2.93. The van der Waals surface area contributed by atoms with Crippen molar-refractivity contribution in [3.8, 4) is 11.8 Å². The maximum Gasteiger partial charge on any atom is 0.148 e. The van der Waals surface area contributed by atoms with Crippen molar-refractivity contribution in [1.82, 2.24) is 4.98 Å². The van der Waals surface area contributed by atoms with Crippen LogP contribution in [0.25, 0.3) is 0 Å². The first-order chi connectivity index (χ1) is 10.2. The number of aromatic nitrogens is 1. The third kappa shape index (κ3) is 2.55. The summed E-state index contributed by atoms with van der Waals surface area (Å²) < 4.78 is 5.26. The molecule has 0 spiro atoms. The van der Waals surface area contributed by atoms with Crippen molar-refractivity contribution in [1.29, 1.82) is 5.26 Å². The summed E-state index contributed by atoms with van der Waals surface area (Å²) in [6.45, 7) is 1.99. The van der Waals surface area contributed by atoms with Crippen molar-refractivity contribution in [2.75, 3.05) is 12.4 Å². The standard InChI is InChI=1S/C17H17N3O/c1-11-8-14(6-7-16(11)21-2)19-17-13(10-18)9-12-4-3-5-15(12)20-17/h6-9H,3-5H2,1-2H3,(H,19,20). The van der Waals surface area contributed by atoms with Crippen molar-refractivity contribution < 1.29 is 4.74 Å². The van der Waals surface area contributed by atoms with Crippen molar-refractivity contribution in [3.63, 3.8) is 0 Å². The van der Waals surface area contributed by atoms with E-state index in [1.165, 1.54) is 5.56 Å². The number of hydrogen-bond acceptors (Lipinski definition) is 4. The highest BCUT2D eigenvalue weighted by Crippen LogP contribution is 2.28. The summed E-state index contributed by atoms with van der Waals surface area (Å²) in [6, 6.07) is 10.0. The van der Waals surface area contributed by atoms with Gasteiger partial charge in [0.1, 0.15) is 17.6 Å². The van der Waals surface area contributed by atoms with Crippen molar-refractivity contribution in [2.24, 2.45) is 0 Å². The molecule has 0 saturated carbocycles. The van der Waals surface area contributed by atoms with E-state index in [1.54, 1.807) is 7.11 Å². The molecule has 2 aromatic rings. The smallest absolute Gasteiger partial charge is 0.148 e. The molecule has 0 amide bonds. The van der Waals surface area contributed by atoms with Crippen LogP contribution in [0.1, 0.15) is 28.8 Å². The lowest BCUT2D eigenvalue weighted by atomic mass is 10.1. The third-order valence-electron chi connectivity index (χ3n) is 3.83. The molecule has 0 atom stereocenters. The Kier molecular flexibility index (Phi) is 3.49. The molecule has 0 fully saturated rings. The lowest BCUT2D eigenvalue weighted by Crippen LogP contribution is -2.01. The number of benzene rings is 1. The second-order valence-electron chi connectivity index (χ2n) is 5.27. The molecule has 0 radical (unpaired) electrons. The number of hydrogen-bond donors (Lipinski definition) is 1. The second-order valence-corrected chi connectivity index (χ2v) is 5.27. The zero-order valence-corrected chi connectivity index (χ0v) is 12.2. The van der Waals surface area contributed by atoms with Gasteiger partial charge in [0.25, 0.3) is 0 Å². The van der Waals surface area contributed by atoms with Crippen molar-refractivity contribution in [3.05, 3.63) is 46.6 Å². The van der Waals surface area contributed by atoms with Gasteiger partial charge < -0.3 is 10.1 Å². The van der Waals surface area contributed by atoms with Gasteiger partial charge in [-0.25, -0.2) is 4.98 Å². The molecule has 1 aliphatic rings. The van der Waals surface area contributed by atoms with Gasteiger partial charge in [-0.1, -0.05) is 0 Å². The Hall–Kier alpha value is -2.54. The molecule has 3 rings (SSSR count). The topological polar surface area (TPSA) is 57.9 Å². The van der Waals surface area contributed by atoms with E-state index in [1.807, 2.05) is 31.2 Å². The first kappa shape index (κ1) is 13.4. The van der Waals surface area contributed by atoms with Gasteiger partial charge in [-0.2, -0.15) is 5.26 Å². The number of pyridine rings is 1. The molecule has 106 valence electrons. The third-order valence-corrected chi connectivity index (χ3v) is 3.83. The largest absolute Gasteiger partial charge is 0.496 e. The lowest BCUT2D eigenvalue weighted by Gasteiger charge is -2.11. The van der Waals surface area contributed by atoms with Gasteiger partial charge in [0.05, 0.1) is 12.7 Å². The zero-order chi connectivity index (χ0) is 14.8. The van der Waals surface area contributed by atoms with E-state index in [-0.39, 0.29) is 0 Å². The number of fused-ring (bicyclic) bond motifs is 1. The molecule has 0 unspecified atom stereocenters. The van der Waals surface area contributed by atoms with E-state index in [9.17, 15) is 5.26 Å². The molecule has 21 heavy (non-hydrogen) atoms. The quantitative estimate of drug-likeness (QED) is 0.934. The molecular weight excluding hydrogens is 262 g/mol. The van der Waals surface area contributed by atoms with E-state index in [0.29, 0.717) is 11.4 Å². The molecule has 4 nitrogen and oxygen atoms in total. The van der Waals surface area contributed by atoms with Gasteiger partial charge in [-0.05, 0) is 61.6 Å². The van der Waals surface area contributed by atoms with Crippen LogP contribution in [0.2, 0.25) is 0 Å². The Balaban J connectivity index is 1.95. The summed E-state index contributed by atoms with van der Waals surface area (Å²) in [5.41, 5.74) is 4.88. The number of aryl methyl sites for hydroxylation is 3. The molecular formula is C17H17N3O. The van der Waals surface area contributed by atoms with Crippen LogP contribution in [0.15, 0.2) is 24.3 Å². The molecule has 0 saturated heterocycles. The first-order valence-corrected chi connectivity index (χ1v) is 7.06. The predicted octanol–water partition coefficient (Wildman–Crippen LogP) is 3.50. The van der Waals surface area contributed by atoms with Crippen molar-refractivity contribution >= 4 is 11.5 Å². The van der Waals surface area contributed by atoms with Crippen LogP contribution in [0.4, 0.5) is 11.5 Å². The van der Waals surface area contributed by atoms with Crippen LogP contribution in [0.5, 0.6) is 5.75 Å². The predicted molar refractivity (Wildman–Crippen MR) is 82.0 cm³/mol. The van der Waals surface area contributed by atoms with Crippen LogP contribution >= 0.6 is 0 Å². The van der Waals surface area contributed by atoms with Crippen LogP contribution in [0, 0.1) is 18.3 Å². The molecule has 1 aliphatic carbocycles. The Labute approximate surface area is 124 Å². The molecule has 1 aromatic heterocycles. The number of rotatable bonds is 3. The Morgan fingerprint density at radius 2 is 2.14 bits per heavy atom. The zero-order valence-electron chi connectivity index (χ0n) is 12.2.